The lowest BCUT2D eigenvalue weighted by atomic mass is 9.71. The maximum atomic E-state index is 15.8. The zero-order valence-electron chi connectivity index (χ0n) is 16.9. The van der Waals surface area contributed by atoms with E-state index in [1.165, 1.54) is 5.57 Å². The second-order valence-electron chi connectivity index (χ2n) is 8.72. The Morgan fingerprint density at radius 2 is 2.07 bits per heavy atom. The van der Waals surface area contributed by atoms with Crippen LogP contribution in [0.3, 0.4) is 0 Å². The number of nitrogens with one attached hydrogen (secondary N) is 5. The molecule has 3 heterocycles. The Labute approximate surface area is 166 Å². The molecule has 0 bridgehead atoms. The van der Waals surface area contributed by atoms with Crippen LogP contribution in [0.2, 0.25) is 0 Å². The first-order valence-electron chi connectivity index (χ1n) is 10.8. The molecule has 9 atom stereocenters. The molecule has 0 aromatic rings. The summed E-state index contributed by atoms with van der Waals surface area (Å²) >= 11 is 0. The molecule has 3 aliphatic heterocycles. The molecule has 4 aliphatic rings. The fourth-order valence-electron chi connectivity index (χ4n) is 5.41. The van der Waals surface area contributed by atoms with Crippen molar-refractivity contribution in [3.05, 3.63) is 11.6 Å². The molecule has 28 heavy (non-hydrogen) atoms. The number of rotatable bonds is 4. The molecule has 0 amide bonds. The summed E-state index contributed by atoms with van der Waals surface area (Å²) in [4.78, 5) is 0. The molecule has 2 saturated heterocycles. The molecular weight excluding hydrogens is 364 g/mol. The zero-order valence-corrected chi connectivity index (χ0v) is 16.9. The molecule has 5 N–H and O–H groups in total. The van der Waals surface area contributed by atoms with Crippen LogP contribution in [0.1, 0.15) is 32.6 Å². The smallest absolute Gasteiger partial charge is 0.143 e. The van der Waals surface area contributed by atoms with Gasteiger partial charge >= 0.3 is 0 Å². The molecule has 9 unspecified atom stereocenters. The Bertz CT molecular complexity index is 565. The second-order valence-corrected chi connectivity index (χ2v) is 8.72. The summed E-state index contributed by atoms with van der Waals surface area (Å²) in [6.07, 6.45) is 3.04. The van der Waals surface area contributed by atoms with Gasteiger partial charge in [0, 0.05) is 31.2 Å². The van der Waals surface area contributed by atoms with Crippen molar-refractivity contribution in [2.24, 2.45) is 11.8 Å². The molecular formula is C20H35F2N5O. The summed E-state index contributed by atoms with van der Waals surface area (Å²) < 4.78 is 36.1. The van der Waals surface area contributed by atoms with E-state index in [-0.39, 0.29) is 30.4 Å². The highest BCUT2D eigenvalue weighted by molar-refractivity contribution is 5.18. The van der Waals surface area contributed by atoms with Crippen molar-refractivity contribution < 1.29 is 13.5 Å². The van der Waals surface area contributed by atoms with Gasteiger partial charge in [-0.15, -0.1) is 0 Å². The average molecular weight is 400 g/mol. The number of ether oxygens (including phenoxy) is 1. The molecule has 0 spiro atoms. The molecule has 1 aliphatic carbocycles. The first kappa shape index (κ1) is 20.6. The summed E-state index contributed by atoms with van der Waals surface area (Å²) in [7, 11) is 1.74. The largest absolute Gasteiger partial charge is 0.377 e. The molecule has 4 rings (SSSR count). The first-order chi connectivity index (χ1) is 13.6. The Hall–Kier alpha value is -0.640. The minimum atomic E-state index is -1.04. The van der Waals surface area contributed by atoms with E-state index in [0.29, 0.717) is 5.92 Å². The van der Waals surface area contributed by atoms with E-state index in [9.17, 15) is 4.39 Å². The molecule has 6 nitrogen and oxygen atoms in total. The van der Waals surface area contributed by atoms with Crippen LogP contribution in [0.25, 0.3) is 0 Å². The minimum Gasteiger partial charge on any atom is -0.377 e. The van der Waals surface area contributed by atoms with Crippen LogP contribution in [0.4, 0.5) is 8.78 Å². The van der Waals surface area contributed by atoms with Crippen molar-refractivity contribution in [2.45, 2.75) is 75.6 Å². The van der Waals surface area contributed by atoms with Gasteiger partial charge in [0.05, 0.1) is 12.3 Å². The van der Waals surface area contributed by atoms with E-state index in [1.807, 2.05) is 6.92 Å². The van der Waals surface area contributed by atoms with Crippen molar-refractivity contribution in [3.63, 3.8) is 0 Å². The van der Waals surface area contributed by atoms with Crippen molar-refractivity contribution in [1.29, 1.82) is 0 Å². The average Bonchev–Trinajstić information content (AvgIpc) is 2.97. The summed E-state index contributed by atoms with van der Waals surface area (Å²) in [5.41, 5.74) is 1.20. The topological polar surface area (TPSA) is 69.4 Å². The third-order valence-electron chi connectivity index (χ3n) is 6.92. The van der Waals surface area contributed by atoms with Gasteiger partial charge in [0.15, 0.2) is 0 Å². The van der Waals surface area contributed by atoms with E-state index in [4.69, 9.17) is 4.74 Å². The Morgan fingerprint density at radius 3 is 2.89 bits per heavy atom. The van der Waals surface area contributed by atoms with Crippen LogP contribution in [0, 0.1) is 11.8 Å². The van der Waals surface area contributed by atoms with Gasteiger partial charge in [-0.2, -0.15) is 0 Å². The van der Waals surface area contributed by atoms with E-state index in [0.717, 1.165) is 45.4 Å². The zero-order chi connectivity index (χ0) is 19.7. The number of fused-ring (bicyclic) bond motifs is 1. The Balaban J connectivity index is 1.49. The third-order valence-corrected chi connectivity index (χ3v) is 6.92. The fraction of sp³-hybridized carbons (Fsp3) is 0.900. The lowest BCUT2D eigenvalue weighted by Crippen LogP contribution is -2.73. The van der Waals surface area contributed by atoms with Gasteiger partial charge in [0.1, 0.15) is 18.6 Å². The lowest BCUT2D eigenvalue weighted by molar-refractivity contribution is -0.0282. The van der Waals surface area contributed by atoms with Crippen LogP contribution in [-0.4, -0.2) is 69.7 Å². The standard InChI is InChI=1S/C20H35F2N5O/c1-11-16(21)19(23-2)27-20(25-11)26-14-10-13-6-9-28-18(13)15(17(14)22)12-4-3-7-24-8-5-12/h5,11,13-20,23-27H,3-4,6-10H2,1-2H3. The molecule has 1 saturated carbocycles. The summed E-state index contributed by atoms with van der Waals surface area (Å²) in [6, 6.07) is -0.595. The monoisotopic (exact) mass is 399 g/mol. The van der Waals surface area contributed by atoms with Gasteiger partial charge in [-0.3, -0.25) is 16.0 Å². The fourth-order valence-corrected chi connectivity index (χ4v) is 5.41. The quantitative estimate of drug-likeness (QED) is 0.450. The summed E-state index contributed by atoms with van der Waals surface area (Å²) in [6.45, 7) is 4.33. The molecule has 0 aromatic heterocycles. The predicted molar refractivity (Wildman–Crippen MR) is 105 cm³/mol. The third kappa shape index (κ3) is 4.13. The van der Waals surface area contributed by atoms with Crippen molar-refractivity contribution in [2.75, 3.05) is 26.7 Å². The number of halogens is 2. The molecule has 8 heteroatoms. The van der Waals surface area contributed by atoms with Gasteiger partial charge in [-0.05, 0) is 52.1 Å². The first-order valence-corrected chi connectivity index (χ1v) is 10.8. The van der Waals surface area contributed by atoms with Crippen molar-refractivity contribution in [3.8, 4) is 0 Å². The van der Waals surface area contributed by atoms with Crippen LogP contribution in [0.15, 0.2) is 11.6 Å². The molecule has 160 valence electrons. The molecule has 3 fully saturated rings. The van der Waals surface area contributed by atoms with Gasteiger partial charge in [0.25, 0.3) is 0 Å². The van der Waals surface area contributed by atoms with Crippen LogP contribution in [-0.2, 0) is 4.74 Å². The van der Waals surface area contributed by atoms with Gasteiger partial charge in [0.2, 0.25) is 0 Å². The van der Waals surface area contributed by atoms with E-state index < -0.39 is 18.5 Å². The summed E-state index contributed by atoms with van der Waals surface area (Å²) in [5.74, 6) is 0.190. The van der Waals surface area contributed by atoms with Gasteiger partial charge < -0.3 is 15.4 Å². The van der Waals surface area contributed by atoms with Crippen LogP contribution in [0.5, 0.6) is 0 Å². The Morgan fingerprint density at radius 1 is 1.21 bits per heavy atom. The van der Waals surface area contributed by atoms with Crippen molar-refractivity contribution >= 4 is 0 Å². The SMILES string of the molecule is CNC1NC(NC2CC3CCOC3C(C3=CCNCCC3)C2F)NC(C)C1F. The summed E-state index contributed by atoms with van der Waals surface area (Å²) in [5, 5.41) is 16.1. The Kier molecular flexibility index (Phi) is 6.64. The van der Waals surface area contributed by atoms with Crippen LogP contribution >= 0.6 is 0 Å². The van der Waals surface area contributed by atoms with E-state index in [1.54, 1.807) is 7.05 Å². The number of hydrogen-bond donors (Lipinski definition) is 5. The van der Waals surface area contributed by atoms with E-state index >= 15 is 4.39 Å². The highest BCUT2D eigenvalue weighted by atomic mass is 19.1. The normalized spacial score (nSPS) is 47.3. The number of hydrogen-bond acceptors (Lipinski definition) is 6. The maximum Gasteiger partial charge on any atom is 0.143 e. The predicted octanol–water partition coefficient (Wildman–Crippen LogP) is 0.766. The highest BCUT2D eigenvalue weighted by Crippen LogP contribution is 2.44. The highest BCUT2D eigenvalue weighted by Gasteiger charge is 2.50. The molecule has 0 aromatic carbocycles. The van der Waals surface area contributed by atoms with Crippen molar-refractivity contribution in [1.82, 2.24) is 26.6 Å². The van der Waals surface area contributed by atoms with Crippen LogP contribution < -0.4 is 26.6 Å². The van der Waals surface area contributed by atoms with Gasteiger partial charge in [-0.25, -0.2) is 8.78 Å². The molecule has 0 radical (unpaired) electrons. The van der Waals surface area contributed by atoms with E-state index in [2.05, 4.69) is 32.7 Å². The maximum absolute atomic E-state index is 15.8. The number of alkyl halides is 2. The minimum absolute atomic E-state index is 0.0103. The second kappa shape index (κ2) is 9.02. The lowest BCUT2D eigenvalue weighted by Gasteiger charge is -2.45. The van der Waals surface area contributed by atoms with Gasteiger partial charge in [-0.1, -0.05) is 11.6 Å².